The Morgan fingerprint density at radius 3 is 2.61 bits per heavy atom. The van der Waals surface area contributed by atoms with Gasteiger partial charge in [-0.15, -0.1) is 0 Å². The molecule has 4 rings (SSSR count). The number of hydrogen-bond donors (Lipinski definition) is 0. The van der Waals surface area contributed by atoms with Crippen LogP contribution in [0.5, 0.6) is 0 Å². The quantitative estimate of drug-likeness (QED) is 0.680. The van der Waals surface area contributed by atoms with Crippen molar-refractivity contribution < 1.29 is 4.74 Å². The fourth-order valence-corrected chi connectivity index (χ4v) is 4.14. The van der Waals surface area contributed by atoms with E-state index >= 15 is 0 Å². The molecule has 0 spiro atoms. The van der Waals surface area contributed by atoms with Crippen LogP contribution in [-0.4, -0.2) is 57.1 Å². The zero-order chi connectivity index (χ0) is 19.7. The van der Waals surface area contributed by atoms with Gasteiger partial charge < -0.3 is 9.30 Å². The first-order valence-corrected chi connectivity index (χ1v) is 10.0. The van der Waals surface area contributed by atoms with Gasteiger partial charge in [-0.05, 0) is 39.3 Å². The van der Waals surface area contributed by atoms with E-state index in [1.165, 1.54) is 11.1 Å². The van der Waals surface area contributed by atoms with E-state index in [-0.39, 0.29) is 0 Å². The van der Waals surface area contributed by atoms with Crippen LogP contribution in [0.1, 0.15) is 29.9 Å². The standard InChI is InChI=1S/C22H29N5O/c1-16-7-5-6-8-20(16)27-19(4)22(18(3)24-27)21-13-23-15-26(21)17(2)14-25-9-11-28-12-10-25/h5-8,13,15,17H,9-12,14H2,1-4H3. The van der Waals surface area contributed by atoms with Crippen molar-refractivity contribution in [3.05, 3.63) is 53.7 Å². The molecule has 0 amide bonds. The summed E-state index contributed by atoms with van der Waals surface area (Å²) in [6.45, 7) is 13.3. The summed E-state index contributed by atoms with van der Waals surface area (Å²) < 4.78 is 9.82. The largest absolute Gasteiger partial charge is 0.379 e. The molecule has 0 aliphatic carbocycles. The van der Waals surface area contributed by atoms with Crippen molar-refractivity contribution in [2.75, 3.05) is 32.8 Å². The first kappa shape index (κ1) is 18.9. The maximum atomic E-state index is 5.48. The van der Waals surface area contributed by atoms with Gasteiger partial charge in [0.15, 0.2) is 0 Å². The highest BCUT2D eigenvalue weighted by molar-refractivity contribution is 5.66. The van der Waals surface area contributed by atoms with Gasteiger partial charge in [0, 0.05) is 31.2 Å². The molecule has 0 saturated carbocycles. The number of para-hydroxylation sites is 1. The van der Waals surface area contributed by atoms with Crippen LogP contribution in [0.3, 0.4) is 0 Å². The normalized spacial score (nSPS) is 16.4. The lowest BCUT2D eigenvalue weighted by Crippen LogP contribution is -2.39. The van der Waals surface area contributed by atoms with E-state index in [1.807, 2.05) is 12.5 Å². The first-order valence-electron chi connectivity index (χ1n) is 10.0. The molecular weight excluding hydrogens is 350 g/mol. The van der Waals surface area contributed by atoms with Crippen molar-refractivity contribution in [2.24, 2.45) is 0 Å². The average Bonchev–Trinajstić information content (AvgIpc) is 3.27. The second-order valence-corrected chi connectivity index (χ2v) is 7.69. The Balaban J connectivity index is 1.67. The van der Waals surface area contributed by atoms with Gasteiger partial charge in [0.25, 0.3) is 0 Å². The van der Waals surface area contributed by atoms with Gasteiger partial charge in [0.05, 0.1) is 48.5 Å². The number of rotatable bonds is 5. The molecule has 1 aliphatic rings. The van der Waals surface area contributed by atoms with Gasteiger partial charge in [0.1, 0.15) is 0 Å². The number of ether oxygens (including phenoxy) is 1. The van der Waals surface area contributed by atoms with Crippen molar-refractivity contribution >= 4 is 0 Å². The van der Waals surface area contributed by atoms with E-state index < -0.39 is 0 Å². The van der Waals surface area contributed by atoms with Crippen LogP contribution in [0.2, 0.25) is 0 Å². The number of aromatic nitrogens is 4. The van der Waals surface area contributed by atoms with Crippen molar-refractivity contribution in [3.63, 3.8) is 0 Å². The fourth-order valence-electron chi connectivity index (χ4n) is 4.14. The summed E-state index contributed by atoms with van der Waals surface area (Å²) in [5, 5.41) is 4.86. The van der Waals surface area contributed by atoms with Gasteiger partial charge in [-0.25, -0.2) is 9.67 Å². The van der Waals surface area contributed by atoms with Crippen LogP contribution in [-0.2, 0) is 4.74 Å². The molecule has 0 bridgehead atoms. The minimum absolute atomic E-state index is 0.330. The molecule has 1 fully saturated rings. The van der Waals surface area contributed by atoms with Gasteiger partial charge in [-0.2, -0.15) is 5.10 Å². The van der Waals surface area contributed by atoms with Crippen LogP contribution < -0.4 is 0 Å². The van der Waals surface area contributed by atoms with E-state index in [1.54, 1.807) is 0 Å². The topological polar surface area (TPSA) is 48.1 Å². The maximum Gasteiger partial charge on any atom is 0.0953 e. The molecule has 1 aliphatic heterocycles. The smallest absolute Gasteiger partial charge is 0.0953 e. The lowest BCUT2D eigenvalue weighted by atomic mass is 10.1. The summed E-state index contributed by atoms with van der Waals surface area (Å²) in [6.07, 6.45) is 3.92. The predicted octanol–water partition coefficient (Wildman–Crippen LogP) is 3.55. The number of nitrogens with zero attached hydrogens (tertiary/aromatic N) is 5. The highest BCUT2D eigenvalue weighted by Crippen LogP contribution is 2.31. The Morgan fingerprint density at radius 1 is 1.11 bits per heavy atom. The molecule has 28 heavy (non-hydrogen) atoms. The first-order chi connectivity index (χ1) is 13.6. The third-order valence-electron chi connectivity index (χ3n) is 5.66. The second kappa shape index (κ2) is 7.89. The molecule has 6 nitrogen and oxygen atoms in total. The number of morpholine rings is 1. The predicted molar refractivity (Wildman–Crippen MR) is 111 cm³/mol. The van der Waals surface area contributed by atoms with E-state index in [4.69, 9.17) is 9.84 Å². The summed E-state index contributed by atoms with van der Waals surface area (Å²) in [5.74, 6) is 0. The molecule has 148 valence electrons. The van der Waals surface area contributed by atoms with Crippen LogP contribution in [0.4, 0.5) is 0 Å². The van der Waals surface area contributed by atoms with E-state index in [0.717, 1.165) is 55.6 Å². The van der Waals surface area contributed by atoms with Gasteiger partial charge in [0.2, 0.25) is 0 Å². The van der Waals surface area contributed by atoms with E-state index in [2.05, 4.69) is 71.1 Å². The molecule has 2 aromatic heterocycles. The fraction of sp³-hybridized carbons (Fsp3) is 0.455. The summed E-state index contributed by atoms with van der Waals surface area (Å²) >= 11 is 0. The summed E-state index contributed by atoms with van der Waals surface area (Å²) in [5.41, 5.74) is 6.83. The molecule has 0 N–H and O–H groups in total. The lowest BCUT2D eigenvalue weighted by Gasteiger charge is -2.30. The molecule has 1 aromatic carbocycles. The molecular formula is C22H29N5O. The third kappa shape index (κ3) is 3.50. The maximum absolute atomic E-state index is 5.48. The van der Waals surface area contributed by atoms with Crippen molar-refractivity contribution in [3.8, 4) is 16.9 Å². The van der Waals surface area contributed by atoms with Gasteiger partial charge in [-0.3, -0.25) is 4.90 Å². The number of imidazole rings is 1. The zero-order valence-corrected chi connectivity index (χ0v) is 17.2. The van der Waals surface area contributed by atoms with Crippen molar-refractivity contribution in [1.82, 2.24) is 24.2 Å². The minimum Gasteiger partial charge on any atom is -0.379 e. The number of aryl methyl sites for hydroxylation is 2. The van der Waals surface area contributed by atoms with Crippen LogP contribution in [0, 0.1) is 20.8 Å². The lowest BCUT2D eigenvalue weighted by molar-refractivity contribution is 0.0326. The van der Waals surface area contributed by atoms with Crippen LogP contribution in [0.25, 0.3) is 16.9 Å². The molecule has 1 unspecified atom stereocenters. The molecule has 6 heteroatoms. The molecule has 0 radical (unpaired) electrons. The second-order valence-electron chi connectivity index (χ2n) is 7.69. The summed E-state index contributed by atoms with van der Waals surface area (Å²) in [6, 6.07) is 8.70. The van der Waals surface area contributed by atoms with Crippen molar-refractivity contribution in [2.45, 2.75) is 33.7 Å². The Kier molecular flexibility index (Phi) is 5.33. The van der Waals surface area contributed by atoms with E-state index in [9.17, 15) is 0 Å². The van der Waals surface area contributed by atoms with Crippen LogP contribution >= 0.6 is 0 Å². The number of benzene rings is 1. The van der Waals surface area contributed by atoms with E-state index in [0.29, 0.717) is 6.04 Å². The SMILES string of the molecule is Cc1ccccc1-n1nc(C)c(-c2cncn2C(C)CN2CCOCC2)c1C. The van der Waals surface area contributed by atoms with Crippen molar-refractivity contribution in [1.29, 1.82) is 0 Å². The Labute approximate surface area is 166 Å². The highest BCUT2D eigenvalue weighted by Gasteiger charge is 2.22. The zero-order valence-electron chi connectivity index (χ0n) is 17.2. The summed E-state index contributed by atoms with van der Waals surface area (Å²) in [4.78, 5) is 6.94. The Bertz CT molecular complexity index is 952. The molecule has 3 heterocycles. The monoisotopic (exact) mass is 379 g/mol. The molecule has 1 atom stereocenters. The van der Waals surface area contributed by atoms with Gasteiger partial charge >= 0.3 is 0 Å². The Hall–Kier alpha value is -2.44. The van der Waals surface area contributed by atoms with Crippen LogP contribution in [0.15, 0.2) is 36.8 Å². The molecule has 1 saturated heterocycles. The number of hydrogen-bond acceptors (Lipinski definition) is 4. The van der Waals surface area contributed by atoms with Gasteiger partial charge in [-0.1, -0.05) is 18.2 Å². The third-order valence-corrected chi connectivity index (χ3v) is 5.66. The average molecular weight is 380 g/mol. The molecule has 3 aromatic rings. The Morgan fingerprint density at radius 2 is 1.86 bits per heavy atom. The summed E-state index contributed by atoms with van der Waals surface area (Å²) in [7, 11) is 0. The highest BCUT2D eigenvalue weighted by atomic mass is 16.5. The minimum atomic E-state index is 0.330.